The Bertz CT molecular complexity index is 256. The van der Waals surface area contributed by atoms with E-state index in [0.29, 0.717) is 0 Å². The second kappa shape index (κ2) is 9.20. The van der Waals surface area contributed by atoms with Crippen LogP contribution < -0.4 is 4.90 Å². The van der Waals surface area contributed by atoms with Gasteiger partial charge in [0.05, 0.1) is 0 Å². The first-order valence-corrected chi connectivity index (χ1v) is 6.20. The maximum atomic E-state index is 12.6. The lowest BCUT2D eigenvalue weighted by Gasteiger charge is -2.18. The lowest BCUT2D eigenvalue weighted by Crippen LogP contribution is -2.18. The predicted octanol–water partition coefficient (Wildman–Crippen LogP) is 4.48. The van der Waals surface area contributed by atoms with Gasteiger partial charge in [0, 0.05) is 19.3 Å². The number of hydrogen-bond donors (Lipinski definition) is 0. The number of anilines is 1. The zero-order valence-electron chi connectivity index (χ0n) is 11.0. The van der Waals surface area contributed by atoms with Crippen molar-refractivity contribution in [2.24, 2.45) is 0 Å². The van der Waals surface area contributed by atoms with Gasteiger partial charge < -0.3 is 4.90 Å². The molecule has 1 rings (SSSR count). The van der Waals surface area contributed by atoms with Crippen molar-refractivity contribution in [1.82, 2.24) is 0 Å². The van der Waals surface area contributed by atoms with Gasteiger partial charge in [-0.05, 0) is 30.7 Å². The molecule has 1 aromatic carbocycles. The Morgan fingerprint density at radius 1 is 1.06 bits per heavy atom. The molecular formula is C14H24FN. The van der Waals surface area contributed by atoms with Crippen molar-refractivity contribution in [2.45, 2.75) is 40.0 Å². The molecule has 0 saturated carbocycles. The van der Waals surface area contributed by atoms with E-state index in [1.54, 1.807) is 0 Å². The average molecular weight is 225 g/mol. The van der Waals surface area contributed by atoms with Crippen molar-refractivity contribution in [2.75, 3.05) is 18.5 Å². The first-order valence-electron chi connectivity index (χ1n) is 6.20. The van der Waals surface area contributed by atoms with Gasteiger partial charge in [0.1, 0.15) is 5.82 Å². The molecule has 0 unspecified atom stereocenters. The van der Waals surface area contributed by atoms with Crippen LogP contribution in [0.25, 0.3) is 0 Å². The van der Waals surface area contributed by atoms with Crippen molar-refractivity contribution in [3.63, 3.8) is 0 Å². The van der Waals surface area contributed by atoms with E-state index in [1.165, 1.54) is 31.4 Å². The lowest BCUT2D eigenvalue weighted by atomic mass is 10.2. The molecule has 0 heterocycles. The smallest absolute Gasteiger partial charge is 0.123 e. The molecular weight excluding hydrogens is 201 g/mol. The molecule has 0 radical (unpaired) electrons. The van der Waals surface area contributed by atoms with Gasteiger partial charge in [-0.3, -0.25) is 0 Å². The largest absolute Gasteiger partial charge is 0.375 e. The summed E-state index contributed by atoms with van der Waals surface area (Å²) in [6.07, 6.45) is 3.69. The van der Waals surface area contributed by atoms with Crippen LogP contribution in [0.4, 0.5) is 10.1 Å². The molecule has 0 aromatic heterocycles. The molecule has 1 aromatic rings. The summed E-state index contributed by atoms with van der Waals surface area (Å²) in [5, 5.41) is 0. The molecule has 0 aliphatic carbocycles. The minimum absolute atomic E-state index is 0.171. The molecule has 0 atom stereocenters. The summed E-state index contributed by atoms with van der Waals surface area (Å²) in [5.41, 5.74) is 1.09. The van der Waals surface area contributed by atoms with Crippen LogP contribution in [0.15, 0.2) is 24.3 Å². The first kappa shape index (κ1) is 14.9. The molecule has 0 saturated heterocycles. The molecule has 0 aliphatic heterocycles. The van der Waals surface area contributed by atoms with Crippen molar-refractivity contribution in [3.8, 4) is 0 Å². The number of rotatable bonds is 5. The zero-order chi connectivity index (χ0) is 12.4. The van der Waals surface area contributed by atoms with Crippen molar-refractivity contribution in [1.29, 1.82) is 0 Å². The SMILES string of the molecule is CC.CCCCCN(C)c1ccc(F)cc1. The van der Waals surface area contributed by atoms with E-state index >= 15 is 0 Å². The minimum atomic E-state index is -0.171. The van der Waals surface area contributed by atoms with E-state index in [4.69, 9.17) is 0 Å². The van der Waals surface area contributed by atoms with E-state index in [9.17, 15) is 4.39 Å². The normalized spacial score (nSPS) is 9.31. The van der Waals surface area contributed by atoms with Crippen LogP contribution in [0.3, 0.4) is 0 Å². The summed E-state index contributed by atoms with van der Waals surface area (Å²) in [7, 11) is 2.04. The molecule has 16 heavy (non-hydrogen) atoms. The molecule has 0 N–H and O–H groups in total. The van der Waals surface area contributed by atoms with Crippen LogP contribution in [0.1, 0.15) is 40.0 Å². The Hall–Kier alpha value is -1.05. The molecule has 0 spiro atoms. The van der Waals surface area contributed by atoms with Gasteiger partial charge in [-0.1, -0.05) is 33.6 Å². The van der Waals surface area contributed by atoms with E-state index in [0.717, 1.165) is 12.2 Å². The summed E-state index contributed by atoms with van der Waals surface area (Å²) in [5.74, 6) is -0.171. The zero-order valence-corrected chi connectivity index (χ0v) is 11.0. The van der Waals surface area contributed by atoms with Crippen LogP contribution in [0.2, 0.25) is 0 Å². The highest BCUT2D eigenvalue weighted by Gasteiger charge is 1.99. The standard InChI is InChI=1S/C12H18FN.C2H6/c1-3-4-5-10-14(2)12-8-6-11(13)7-9-12;1-2/h6-9H,3-5,10H2,1-2H3;1-2H3. The number of hydrogen-bond acceptors (Lipinski definition) is 1. The van der Waals surface area contributed by atoms with Crippen LogP contribution in [0, 0.1) is 5.82 Å². The second-order valence-corrected chi connectivity index (χ2v) is 3.61. The Morgan fingerprint density at radius 2 is 1.62 bits per heavy atom. The first-order chi connectivity index (χ1) is 7.74. The fourth-order valence-corrected chi connectivity index (χ4v) is 1.42. The van der Waals surface area contributed by atoms with Crippen LogP contribution >= 0.6 is 0 Å². The summed E-state index contributed by atoms with van der Waals surface area (Å²) in [4.78, 5) is 2.16. The summed E-state index contributed by atoms with van der Waals surface area (Å²) in [6.45, 7) is 7.23. The Labute approximate surface area is 99.3 Å². The third kappa shape index (κ3) is 5.74. The molecule has 0 amide bonds. The number of benzene rings is 1. The summed E-state index contributed by atoms with van der Waals surface area (Å²) < 4.78 is 12.6. The van der Waals surface area contributed by atoms with Gasteiger partial charge in [0.25, 0.3) is 0 Å². The van der Waals surface area contributed by atoms with E-state index in [2.05, 4.69) is 11.8 Å². The fourth-order valence-electron chi connectivity index (χ4n) is 1.42. The number of halogens is 1. The van der Waals surface area contributed by atoms with Gasteiger partial charge in [-0.25, -0.2) is 4.39 Å². The monoisotopic (exact) mass is 225 g/mol. The van der Waals surface area contributed by atoms with Crippen LogP contribution in [-0.4, -0.2) is 13.6 Å². The number of nitrogens with zero attached hydrogens (tertiary/aromatic N) is 1. The van der Waals surface area contributed by atoms with E-state index < -0.39 is 0 Å². The topological polar surface area (TPSA) is 3.24 Å². The Balaban J connectivity index is 0.00000106. The van der Waals surface area contributed by atoms with Gasteiger partial charge in [0.2, 0.25) is 0 Å². The highest BCUT2D eigenvalue weighted by molar-refractivity contribution is 5.45. The van der Waals surface area contributed by atoms with Crippen molar-refractivity contribution >= 4 is 5.69 Å². The minimum Gasteiger partial charge on any atom is -0.375 e. The highest BCUT2D eigenvalue weighted by atomic mass is 19.1. The lowest BCUT2D eigenvalue weighted by molar-refractivity contribution is 0.627. The highest BCUT2D eigenvalue weighted by Crippen LogP contribution is 2.13. The van der Waals surface area contributed by atoms with Crippen molar-refractivity contribution < 1.29 is 4.39 Å². The maximum Gasteiger partial charge on any atom is 0.123 e. The number of unbranched alkanes of at least 4 members (excludes halogenated alkanes) is 2. The molecule has 2 heteroatoms. The molecule has 0 bridgehead atoms. The molecule has 0 fully saturated rings. The Kier molecular flexibility index (Phi) is 8.59. The maximum absolute atomic E-state index is 12.6. The van der Waals surface area contributed by atoms with Crippen molar-refractivity contribution in [3.05, 3.63) is 30.1 Å². The molecule has 1 nitrogen and oxygen atoms in total. The Morgan fingerprint density at radius 3 is 2.12 bits per heavy atom. The van der Waals surface area contributed by atoms with Crippen LogP contribution in [-0.2, 0) is 0 Å². The van der Waals surface area contributed by atoms with E-state index in [1.807, 2.05) is 33.0 Å². The van der Waals surface area contributed by atoms with Gasteiger partial charge in [-0.15, -0.1) is 0 Å². The molecule has 92 valence electrons. The fraction of sp³-hybridized carbons (Fsp3) is 0.571. The average Bonchev–Trinajstić information content (AvgIpc) is 2.33. The predicted molar refractivity (Wildman–Crippen MR) is 70.5 cm³/mol. The van der Waals surface area contributed by atoms with Gasteiger partial charge in [0.15, 0.2) is 0 Å². The summed E-state index contributed by atoms with van der Waals surface area (Å²) >= 11 is 0. The molecule has 0 aliphatic rings. The third-order valence-electron chi connectivity index (χ3n) is 2.36. The van der Waals surface area contributed by atoms with Gasteiger partial charge in [-0.2, -0.15) is 0 Å². The van der Waals surface area contributed by atoms with E-state index in [-0.39, 0.29) is 5.82 Å². The summed E-state index contributed by atoms with van der Waals surface area (Å²) in [6, 6.07) is 6.65. The quantitative estimate of drug-likeness (QED) is 0.668. The van der Waals surface area contributed by atoms with Gasteiger partial charge >= 0.3 is 0 Å². The van der Waals surface area contributed by atoms with Crippen LogP contribution in [0.5, 0.6) is 0 Å². The second-order valence-electron chi connectivity index (χ2n) is 3.61. The third-order valence-corrected chi connectivity index (χ3v) is 2.36.